The van der Waals surface area contributed by atoms with E-state index in [-0.39, 0.29) is 0 Å². The van der Waals surface area contributed by atoms with Gasteiger partial charge >= 0.3 is 0 Å². The lowest BCUT2D eigenvalue weighted by atomic mass is 9.74. The summed E-state index contributed by atoms with van der Waals surface area (Å²) in [5, 5.41) is 3.50. The van der Waals surface area contributed by atoms with E-state index >= 15 is 0 Å². The van der Waals surface area contributed by atoms with Crippen LogP contribution in [0.25, 0.3) is 0 Å². The van der Waals surface area contributed by atoms with Crippen molar-refractivity contribution in [3.05, 3.63) is 0 Å². The minimum absolute atomic E-state index is 0.637. The zero-order chi connectivity index (χ0) is 14.1. The van der Waals surface area contributed by atoms with Crippen LogP contribution in [0.1, 0.15) is 72.6 Å². The van der Waals surface area contributed by atoms with Gasteiger partial charge in [0.25, 0.3) is 0 Å². The molecule has 114 valence electrons. The largest absolute Gasteiger partial charge is 0.315 e. The molecule has 1 fully saturated rings. The van der Waals surface area contributed by atoms with E-state index in [0.717, 1.165) is 0 Å². The summed E-state index contributed by atoms with van der Waals surface area (Å²) in [4.78, 5) is 2.69. The highest BCUT2D eigenvalue weighted by Gasteiger charge is 2.30. The average Bonchev–Trinajstić information content (AvgIpc) is 2.43. The number of unbranched alkanes of at least 4 members (excludes halogenated alkanes) is 2. The number of nitrogens with zero attached hydrogens (tertiary/aromatic N) is 1. The second-order valence-electron chi connectivity index (χ2n) is 6.72. The van der Waals surface area contributed by atoms with Crippen LogP contribution in [0.2, 0.25) is 0 Å². The van der Waals surface area contributed by atoms with E-state index in [9.17, 15) is 0 Å². The van der Waals surface area contributed by atoms with Gasteiger partial charge in [0.15, 0.2) is 0 Å². The van der Waals surface area contributed by atoms with E-state index < -0.39 is 0 Å². The van der Waals surface area contributed by atoms with Crippen LogP contribution < -0.4 is 5.32 Å². The number of hydrogen-bond acceptors (Lipinski definition) is 2. The summed E-state index contributed by atoms with van der Waals surface area (Å²) >= 11 is 0. The van der Waals surface area contributed by atoms with Gasteiger partial charge in [-0.25, -0.2) is 0 Å². The van der Waals surface area contributed by atoms with Gasteiger partial charge in [-0.05, 0) is 57.3 Å². The first kappa shape index (κ1) is 17.0. The number of piperidine rings is 1. The molecule has 0 spiro atoms. The van der Waals surface area contributed by atoms with Crippen molar-refractivity contribution in [3.8, 4) is 0 Å². The summed E-state index contributed by atoms with van der Waals surface area (Å²) in [5.41, 5.74) is 0.678. The molecular formula is C17H36N2. The molecule has 2 nitrogen and oxygen atoms in total. The number of nitrogens with one attached hydrogen (secondary N) is 1. The molecule has 0 bridgehead atoms. The Bertz CT molecular complexity index is 211. The van der Waals surface area contributed by atoms with E-state index in [1.165, 1.54) is 71.1 Å². The highest BCUT2D eigenvalue weighted by molar-refractivity contribution is 4.83. The standard InChI is InChI=1S/C17H36N2/c1-5-17(6-2)10-14-19(15-11-17)13-9-7-8-12-18-16(3)4/h16,18H,5-15H2,1-4H3. The third-order valence-corrected chi connectivity index (χ3v) is 5.12. The van der Waals surface area contributed by atoms with E-state index in [0.29, 0.717) is 11.5 Å². The van der Waals surface area contributed by atoms with Crippen molar-refractivity contribution in [2.24, 2.45) is 5.41 Å². The fourth-order valence-electron chi connectivity index (χ4n) is 3.24. The van der Waals surface area contributed by atoms with E-state index in [1.54, 1.807) is 0 Å². The predicted molar refractivity (Wildman–Crippen MR) is 85.7 cm³/mol. The van der Waals surface area contributed by atoms with Gasteiger partial charge in [0, 0.05) is 6.04 Å². The highest BCUT2D eigenvalue weighted by atomic mass is 15.1. The first-order valence-electron chi connectivity index (χ1n) is 8.57. The molecule has 0 amide bonds. The molecule has 1 heterocycles. The van der Waals surface area contributed by atoms with Crippen LogP contribution in [0.3, 0.4) is 0 Å². The molecular weight excluding hydrogens is 232 g/mol. The monoisotopic (exact) mass is 268 g/mol. The Morgan fingerprint density at radius 2 is 1.63 bits per heavy atom. The molecule has 0 aromatic carbocycles. The minimum Gasteiger partial charge on any atom is -0.315 e. The molecule has 0 saturated carbocycles. The lowest BCUT2D eigenvalue weighted by Gasteiger charge is -2.41. The van der Waals surface area contributed by atoms with Gasteiger partial charge in [0.05, 0.1) is 0 Å². The molecule has 1 aliphatic rings. The Hall–Kier alpha value is -0.0800. The van der Waals surface area contributed by atoms with Crippen molar-refractivity contribution in [2.45, 2.75) is 78.7 Å². The molecule has 0 aromatic rings. The normalized spacial score (nSPS) is 20.1. The summed E-state index contributed by atoms with van der Waals surface area (Å²) in [6.07, 6.45) is 9.69. The third-order valence-electron chi connectivity index (χ3n) is 5.12. The van der Waals surface area contributed by atoms with Gasteiger partial charge in [-0.15, -0.1) is 0 Å². The Morgan fingerprint density at radius 1 is 1.00 bits per heavy atom. The zero-order valence-electron chi connectivity index (χ0n) is 13.8. The van der Waals surface area contributed by atoms with Gasteiger partial charge in [-0.2, -0.15) is 0 Å². The van der Waals surface area contributed by atoms with Crippen molar-refractivity contribution >= 4 is 0 Å². The van der Waals surface area contributed by atoms with E-state index in [1.807, 2.05) is 0 Å². The lowest BCUT2D eigenvalue weighted by molar-refractivity contribution is 0.0943. The fraction of sp³-hybridized carbons (Fsp3) is 1.00. The quantitative estimate of drug-likeness (QED) is 0.635. The third kappa shape index (κ3) is 6.27. The van der Waals surface area contributed by atoms with Crippen molar-refractivity contribution in [2.75, 3.05) is 26.2 Å². The minimum atomic E-state index is 0.637. The van der Waals surface area contributed by atoms with Crippen LogP contribution in [0.4, 0.5) is 0 Å². The van der Waals surface area contributed by atoms with Crippen molar-refractivity contribution < 1.29 is 0 Å². The summed E-state index contributed by atoms with van der Waals surface area (Å²) in [6, 6.07) is 0.637. The lowest BCUT2D eigenvalue weighted by Crippen LogP contribution is -2.40. The van der Waals surface area contributed by atoms with Gasteiger partial charge in [-0.3, -0.25) is 0 Å². The Labute approximate surface area is 121 Å². The second-order valence-corrected chi connectivity index (χ2v) is 6.72. The number of rotatable bonds is 9. The molecule has 1 N–H and O–H groups in total. The summed E-state index contributed by atoms with van der Waals surface area (Å²) < 4.78 is 0. The van der Waals surface area contributed by atoms with Crippen LogP contribution in [0.5, 0.6) is 0 Å². The molecule has 0 aromatic heterocycles. The van der Waals surface area contributed by atoms with Crippen LogP contribution in [-0.2, 0) is 0 Å². The van der Waals surface area contributed by atoms with Crippen LogP contribution in [0, 0.1) is 5.41 Å². The van der Waals surface area contributed by atoms with Gasteiger partial charge in [0.1, 0.15) is 0 Å². The molecule has 0 atom stereocenters. The average molecular weight is 268 g/mol. The molecule has 0 aliphatic carbocycles. The topological polar surface area (TPSA) is 15.3 Å². The van der Waals surface area contributed by atoms with Gasteiger partial charge in [0.2, 0.25) is 0 Å². The Morgan fingerprint density at radius 3 is 2.16 bits per heavy atom. The first-order valence-corrected chi connectivity index (χ1v) is 8.57. The van der Waals surface area contributed by atoms with Crippen LogP contribution in [0.15, 0.2) is 0 Å². The van der Waals surface area contributed by atoms with Crippen LogP contribution in [-0.4, -0.2) is 37.1 Å². The van der Waals surface area contributed by atoms with Crippen LogP contribution >= 0.6 is 0 Å². The molecule has 1 rings (SSSR count). The molecule has 1 saturated heterocycles. The molecule has 2 heteroatoms. The maximum atomic E-state index is 3.50. The molecule has 0 radical (unpaired) electrons. The SMILES string of the molecule is CCC1(CC)CCN(CCCCCNC(C)C)CC1. The van der Waals surface area contributed by atoms with E-state index in [4.69, 9.17) is 0 Å². The Balaban J connectivity index is 2.03. The van der Waals surface area contributed by atoms with Crippen molar-refractivity contribution in [1.29, 1.82) is 0 Å². The second kappa shape index (κ2) is 8.97. The molecule has 0 unspecified atom stereocenters. The maximum Gasteiger partial charge on any atom is 0.00103 e. The Kier molecular flexibility index (Phi) is 8.01. The van der Waals surface area contributed by atoms with Crippen molar-refractivity contribution in [1.82, 2.24) is 10.2 Å². The van der Waals surface area contributed by atoms with Gasteiger partial charge in [-0.1, -0.05) is 47.0 Å². The maximum absolute atomic E-state index is 3.50. The summed E-state index contributed by atoms with van der Waals surface area (Å²) in [7, 11) is 0. The molecule has 1 aliphatic heterocycles. The fourth-order valence-corrected chi connectivity index (χ4v) is 3.24. The van der Waals surface area contributed by atoms with Crippen molar-refractivity contribution in [3.63, 3.8) is 0 Å². The summed E-state index contributed by atoms with van der Waals surface area (Å²) in [5.74, 6) is 0. The predicted octanol–water partition coefficient (Wildman–Crippen LogP) is 4.06. The highest BCUT2D eigenvalue weighted by Crippen LogP contribution is 2.37. The first-order chi connectivity index (χ1) is 9.12. The number of likely N-dealkylation sites (tertiary alicyclic amines) is 1. The van der Waals surface area contributed by atoms with Gasteiger partial charge < -0.3 is 10.2 Å². The zero-order valence-corrected chi connectivity index (χ0v) is 13.8. The van der Waals surface area contributed by atoms with E-state index in [2.05, 4.69) is 37.9 Å². The number of hydrogen-bond donors (Lipinski definition) is 1. The smallest absolute Gasteiger partial charge is 0.00103 e. The molecule has 19 heavy (non-hydrogen) atoms. The summed E-state index contributed by atoms with van der Waals surface area (Å²) in [6.45, 7) is 14.4.